The van der Waals surface area contributed by atoms with Gasteiger partial charge in [-0.2, -0.15) is 4.98 Å². The largest absolute Gasteiger partial charge is 0.493 e. The van der Waals surface area contributed by atoms with Crippen LogP contribution in [0, 0.1) is 0 Å². The lowest BCUT2D eigenvalue weighted by Crippen LogP contribution is -2.42. The number of carbonyl (C=O) groups is 3. The van der Waals surface area contributed by atoms with Crippen molar-refractivity contribution in [2.24, 2.45) is 0 Å². The van der Waals surface area contributed by atoms with Crippen LogP contribution in [0.3, 0.4) is 0 Å². The summed E-state index contributed by atoms with van der Waals surface area (Å²) in [4.78, 5) is 43.8. The van der Waals surface area contributed by atoms with E-state index >= 15 is 0 Å². The van der Waals surface area contributed by atoms with E-state index in [1.165, 1.54) is 0 Å². The van der Waals surface area contributed by atoms with Crippen molar-refractivity contribution in [2.45, 2.75) is 51.6 Å². The van der Waals surface area contributed by atoms with Gasteiger partial charge in [-0.3, -0.25) is 14.5 Å². The molecule has 1 aliphatic carbocycles. The van der Waals surface area contributed by atoms with E-state index in [2.05, 4.69) is 10.1 Å². The first-order chi connectivity index (χ1) is 14.1. The molecular formula is C20H22N4O5. The Morgan fingerprint density at radius 1 is 1.10 bits per heavy atom. The number of hydrogen-bond donors (Lipinski definition) is 0. The zero-order chi connectivity index (χ0) is 20.4. The fourth-order valence-corrected chi connectivity index (χ4v) is 3.82. The van der Waals surface area contributed by atoms with E-state index < -0.39 is 17.8 Å². The summed E-state index contributed by atoms with van der Waals surface area (Å²) in [5, 5.41) is 3.94. The molecule has 2 aliphatic rings. The molecule has 2 aromatic rings. The van der Waals surface area contributed by atoms with Gasteiger partial charge in [0.05, 0.1) is 12.2 Å². The van der Waals surface area contributed by atoms with Gasteiger partial charge in [0.15, 0.2) is 0 Å². The third-order valence-corrected chi connectivity index (χ3v) is 5.21. The van der Waals surface area contributed by atoms with Crippen molar-refractivity contribution < 1.29 is 23.6 Å². The number of imide groups is 2. The zero-order valence-electron chi connectivity index (χ0n) is 16.2. The Morgan fingerprint density at radius 2 is 1.86 bits per heavy atom. The second-order valence-electron chi connectivity index (χ2n) is 7.08. The number of aromatic nitrogens is 2. The molecule has 1 aliphatic heterocycles. The van der Waals surface area contributed by atoms with E-state index in [1.54, 1.807) is 12.1 Å². The van der Waals surface area contributed by atoms with Crippen molar-refractivity contribution in [1.29, 1.82) is 0 Å². The Kier molecular flexibility index (Phi) is 5.28. The second kappa shape index (κ2) is 8.02. The topological polar surface area (TPSA) is 106 Å². The first-order valence-corrected chi connectivity index (χ1v) is 9.84. The molecule has 4 amide bonds. The van der Waals surface area contributed by atoms with Crippen molar-refractivity contribution in [2.75, 3.05) is 6.61 Å². The van der Waals surface area contributed by atoms with Crippen LogP contribution in [-0.2, 0) is 16.1 Å². The molecule has 4 rings (SSSR count). The standard InChI is InChI=1S/C20H22N4O5/c1-2-28-15-11-7-6-10-14(15)17-21-16(29-22-17)12-23-18(25)19(26)24(20(23)27)13-8-4-3-5-9-13/h6-7,10-11,13H,2-5,8-9,12H2,1H3. The molecule has 2 fully saturated rings. The number of para-hydroxylation sites is 1. The van der Waals surface area contributed by atoms with Crippen molar-refractivity contribution in [1.82, 2.24) is 19.9 Å². The van der Waals surface area contributed by atoms with Gasteiger partial charge in [-0.25, -0.2) is 9.69 Å². The van der Waals surface area contributed by atoms with Gasteiger partial charge < -0.3 is 9.26 Å². The van der Waals surface area contributed by atoms with E-state index in [0.29, 0.717) is 23.7 Å². The lowest BCUT2D eigenvalue weighted by Gasteiger charge is -2.28. The Balaban J connectivity index is 1.52. The number of nitrogens with zero attached hydrogens (tertiary/aromatic N) is 4. The highest BCUT2D eigenvalue weighted by molar-refractivity contribution is 6.44. The first-order valence-electron chi connectivity index (χ1n) is 9.84. The molecule has 0 spiro atoms. The first kappa shape index (κ1) is 19.1. The maximum atomic E-state index is 12.7. The summed E-state index contributed by atoms with van der Waals surface area (Å²) in [5.41, 5.74) is 0.642. The fraction of sp³-hybridized carbons (Fsp3) is 0.450. The Hall–Kier alpha value is -3.23. The van der Waals surface area contributed by atoms with Crippen LogP contribution in [0.15, 0.2) is 28.8 Å². The molecule has 0 unspecified atom stereocenters. The van der Waals surface area contributed by atoms with Gasteiger partial charge in [0, 0.05) is 6.04 Å². The van der Waals surface area contributed by atoms with Crippen molar-refractivity contribution >= 4 is 17.8 Å². The highest BCUT2D eigenvalue weighted by Crippen LogP contribution is 2.29. The van der Waals surface area contributed by atoms with Crippen molar-refractivity contribution in [3.63, 3.8) is 0 Å². The number of hydrogen-bond acceptors (Lipinski definition) is 7. The van der Waals surface area contributed by atoms with Crippen LogP contribution in [0.25, 0.3) is 11.4 Å². The van der Waals surface area contributed by atoms with Crippen molar-refractivity contribution in [3.05, 3.63) is 30.2 Å². The third kappa shape index (κ3) is 3.59. The molecule has 1 saturated heterocycles. The molecule has 9 heteroatoms. The van der Waals surface area contributed by atoms with E-state index in [4.69, 9.17) is 9.26 Å². The molecule has 1 aromatic heterocycles. The minimum atomic E-state index is -0.852. The van der Waals surface area contributed by atoms with Gasteiger partial charge in [-0.05, 0) is 31.9 Å². The summed E-state index contributed by atoms with van der Waals surface area (Å²) >= 11 is 0. The quantitative estimate of drug-likeness (QED) is 0.544. The Morgan fingerprint density at radius 3 is 2.62 bits per heavy atom. The Labute approximate surface area is 167 Å². The smallest absolute Gasteiger partial charge is 0.334 e. The summed E-state index contributed by atoms with van der Waals surface area (Å²) in [6.45, 7) is 2.12. The van der Waals surface area contributed by atoms with E-state index in [0.717, 1.165) is 41.9 Å². The maximum absolute atomic E-state index is 12.7. The van der Waals surface area contributed by atoms with E-state index in [9.17, 15) is 14.4 Å². The zero-order valence-corrected chi connectivity index (χ0v) is 16.2. The normalized spacial score (nSPS) is 18.0. The molecule has 1 saturated carbocycles. The summed E-state index contributed by atoms with van der Waals surface area (Å²) in [6.07, 6.45) is 4.44. The van der Waals surface area contributed by atoms with Gasteiger partial charge >= 0.3 is 17.8 Å². The molecular weight excluding hydrogens is 376 g/mol. The molecule has 0 N–H and O–H groups in total. The summed E-state index contributed by atoms with van der Waals surface area (Å²) in [7, 11) is 0. The molecule has 9 nitrogen and oxygen atoms in total. The molecule has 1 aromatic carbocycles. The van der Waals surface area contributed by atoms with Crippen LogP contribution >= 0.6 is 0 Å². The van der Waals surface area contributed by atoms with Crippen LogP contribution in [0.4, 0.5) is 4.79 Å². The molecule has 152 valence electrons. The number of ether oxygens (including phenoxy) is 1. The van der Waals surface area contributed by atoms with Crippen LogP contribution < -0.4 is 4.74 Å². The van der Waals surface area contributed by atoms with Crippen molar-refractivity contribution in [3.8, 4) is 17.1 Å². The van der Waals surface area contributed by atoms with Gasteiger partial charge in [0.25, 0.3) is 0 Å². The minimum Gasteiger partial charge on any atom is -0.493 e. The van der Waals surface area contributed by atoms with Crippen LogP contribution in [0.5, 0.6) is 5.75 Å². The third-order valence-electron chi connectivity index (χ3n) is 5.21. The number of carbonyl (C=O) groups excluding carboxylic acids is 3. The molecule has 0 bridgehead atoms. The Bertz CT molecular complexity index is 934. The monoisotopic (exact) mass is 398 g/mol. The number of benzene rings is 1. The average molecular weight is 398 g/mol. The second-order valence-corrected chi connectivity index (χ2v) is 7.08. The minimum absolute atomic E-state index is 0.0753. The lowest BCUT2D eigenvalue weighted by atomic mass is 9.94. The van der Waals surface area contributed by atoms with Crippen LogP contribution in [0.1, 0.15) is 44.9 Å². The SMILES string of the molecule is CCOc1ccccc1-c1noc(CN2C(=O)C(=O)N(C3CCCCC3)C2=O)n1. The number of urea groups is 1. The van der Waals surface area contributed by atoms with Crippen LogP contribution in [0.2, 0.25) is 0 Å². The van der Waals surface area contributed by atoms with Crippen LogP contribution in [-0.4, -0.2) is 50.4 Å². The van der Waals surface area contributed by atoms with Gasteiger partial charge in [-0.1, -0.05) is 36.6 Å². The highest BCUT2D eigenvalue weighted by Gasteiger charge is 2.48. The lowest BCUT2D eigenvalue weighted by molar-refractivity contribution is -0.144. The molecule has 2 heterocycles. The molecule has 0 atom stereocenters. The predicted molar refractivity (Wildman–Crippen MR) is 101 cm³/mol. The number of rotatable bonds is 6. The van der Waals surface area contributed by atoms with E-state index in [1.807, 2.05) is 19.1 Å². The molecule has 0 radical (unpaired) electrons. The number of amides is 4. The van der Waals surface area contributed by atoms with Gasteiger partial charge in [0.2, 0.25) is 11.7 Å². The predicted octanol–water partition coefficient (Wildman–Crippen LogP) is 2.76. The highest BCUT2D eigenvalue weighted by atomic mass is 16.5. The molecule has 29 heavy (non-hydrogen) atoms. The van der Waals surface area contributed by atoms with Gasteiger partial charge in [-0.15, -0.1) is 0 Å². The summed E-state index contributed by atoms with van der Waals surface area (Å²) < 4.78 is 10.8. The van der Waals surface area contributed by atoms with E-state index in [-0.39, 0.29) is 18.5 Å². The summed E-state index contributed by atoms with van der Waals surface area (Å²) in [5.74, 6) is -0.655. The van der Waals surface area contributed by atoms with Gasteiger partial charge in [0.1, 0.15) is 12.3 Å². The average Bonchev–Trinajstić information content (AvgIpc) is 3.28. The fourth-order valence-electron chi connectivity index (χ4n) is 3.82. The maximum Gasteiger partial charge on any atom is 0.334 e. The summed E-state index contributed by atoms with van der Waals surface area (Å²) in [6, 6.07) is 6.42.